The molecule has 1 aliphatic carbocycles. The highest BCUT2D eigenvalue weighted by atomic mass is 32.2. The van der Waals surface area contributed by atoms with Crippen LogP contribution < -0.4 is 14.4 Å². The number of sulfonamides is 1. The van der Waals surface area contributed by atoms with Crippen molar-refractivity contribution in [3.8, 4) is 16.9 Å². The summed E-state index contributed by atoms with van der Waals surface area (Å²) in [6.07, 6.45) is 5.28. The smallest absolute Gasteiger partial charge is 0.265 e. The van der Waals surface area contributed by atoms with Gasteiger partial charge in [0, 0.05) is 23.7 Å². The first-order valence-electron chi connectivity index (χ1n) is 11.2. The first kappa shape index (κ1) is 22.6. The van der Waals surface area contributed by atoms with E-state index in [-0.39, 0.29) is 23.4 Å². The van der Waals surface area contributed by atoms with Gasteiger partial charge in [-0.3, -0.25) is 9.10 Å². The lowest BCUT2D eigenvalue weighted by Gasteiger charge is -2.32. The van der Waals surface area contributed by atoms with Crippen molar-refractivity contribution in [2.24, 2.45) is 0 Å². The van der Waals surface area contributed by atoms with E-state index in [1.54, 1.807) is 30.3 Å². The van der Waals surface area contributed by atoms with Crippen LogP contribution in [0.25, 0.3) is 11.1 Å². The monoisotopic (exact) mass is 457 g/mol. The molecule has 1 fully saturated rings. The highest BCUT2D eigenvalue weighted by Crippen LogP contribution is 2.44. The highest BCUT2D eigenvalue weighted by Gasteiger charge is 2.36. The van der Waals surface area contributed by atoms with Crippen LogP contribution in [0.2, 0.25) is 0 Å². The number of fused-ring (bicyclic) bond motifs is 3. The van der Waals surface area contributed by atoms with E-state index >= 15 is 0 Å². The molecule has 0 unspecified atom stereocenters. The fourth-order valence-corrected chi connectivity index (χ4v) is 6.02. The maximum Gasteiger partial charge on any atom is 0.265 e. The van der Waals surface area contributed by atoms with Gasteiger partial charge in [-0.2, -0.15) is 0 Å². The summed E-state index contributed by atoms with van der Waals surface area (Å²) >= 11 is 0. The van der Waals surface area contributed by atoms with Gasteiger partial charge in [0.1, 0.15) is 18.9 Å². The fourth-order valence-electron chi connectivity index (χ4n) is 4.37. The zero-order chi connectivity index (χ0) is 22.7. The van der Waals surface area contributed by atoms with E-state index in [0.29, 0.717) is 23.6 Å². The molecule has 1 amide bonds. The number of likely N-dealkylation sites (N-methyl/N-ethyl adjacent to an activating group) is 1. The zero-order valence-corrected chi connectivity index (χ0v) is 19.5. The molecule has 0 spiro atoms. The number of hydrogen-bond acceptors (Lipinski definition) is 5. The van der Waals surface area contributed by atoms with E-state index in [1.165, 1.54) is 10.7 Å². The van der Waals surface area contributed by atoms with Gasteiger partial charge in [-0.05, 0) is 51.2 Å². The van der Waals surface area contributed by atoms with E-state index < -0.39 is 10.0 Å². The average molecular weight is 458 g/mol. The topological polar surface area (TPSA) is 79.0 Å². The van der Waals surface area contributed by atoms with Crippen molar-refractivity contribution in [1.29, 1.82) is 0 Å². The van der Waals surface area contributed by atoms with Crippen LogP contribution in [-0.2, 0) is 14.8 Å². The largest absolute Gasteiger partial charge is 0.492 e. The molecule has 1 heterocycles. The first-order chi connectivity index (χ1) is 15.4. The number of benzene rings is 2. The Hall–Kier alpha value is -2.58. The summed E-state index contributed by atoms with van der Waals surface area (Å²) < 4.78 is 34.0. The average Bonchev–Trinajstić information content (AvgIpc) is 2.77. The van der Waals surface area contributed by atoms with Gasteiger partial charge < -0.3 is 15.0 Å². The second kappa shape index (κ2) is 9.50. The first-order valence-corrected chi connectivity index (χ1v) is 12.6. The second-order valence-electron chi connectivity index (χ2n) is 8.74. The molecular weight excluding hydrogens is 426 g/mol. The van der Waals surface area contributed by atoms with Crippen LogP contribution in [0.1, 0.15) is 32.1 Å². The molecule has 0 atom stereocenters. The summed E-state index contributed by atoms with van der Waals surface area (Å²) in [4.78, 5) is 15.1. The SMILES string of the molecule is CN(C)CCOc1ccc2c(c1)-c1ccccc1S(=O)(=O)N2CC(=O)NC1CCCCC1. The van der Waals surface area contributed by atoms with Crippen molar-refractivity contribution in [3.05, 3.63) is 42.5 Å². The van der Waals surface area contributed by atoms with Crippen molar-refractivity contribution in [1.82, 2.24) is 10.2 Å². The molecule has 1 N–H and O–H groups in total. The van der Waals surface area contributed by atoms with Crippen molar-refractivity contribution < 1.29 is 17.9 Å². The Morgan fingerprint density at radius 1 is 1.09 bits per heavy atom. The molecule has 7 nitrogen and oxygen atoms in total. The lowest BCUT2D eigenvalue weighted by atomic mass is 9.95. The number of rotatable bonds is 7. The number of amides is 1. The minimum atomic E-state index is -3.85. The van der Waals surface area contributed by atoms with Gasteiger partial charge in [-0.15, -0.1) is 0 Å². The molecule has 32 heavy (non-hydrogen) atoms. The van der Waals surface area contributed by atoms with E-state index in [0.717, 1.165) is 37.8 Å². The fraction of sp³-hybridized carbons (Fsp3) is 0.458. The second-order valence-corrected chi connectivity index (χ2v) is 10.6. The Morgan fingerprint density at radius 3 is 2.59 bits per heavy atom. The molecule has 4 rings (SSSR count). The van der Waals surface area contributed by atoms with Gasteiger partial charge in [0.25, 0.3) is 10.0 Å². The number of nitrogens with zero attached hydrogens (tertiary/aromatic N) is 2. The number of hydrogen-bond donors (Lipinski definition) is 1. The molecule has 1 aliphatic heterocycles. The van der Waals surface area contributed by atoms with E-state index in [4.69, 9.17) is 4.74 Å². The Balaban J connectivity index is 1.63. The molecule has 2 aromatic rings. The Labute approximate surface area is 190 Å². The van der Waals surface area contributed by atoms with Crippen LogP contribution in [0.4, 0.5) is 5.69 Å². The van der Waals surface area contributed by atoms with E-state index in [2.05, 4.69) is 5.32 Å². The number of carbonyl (C=O) groups is 1. The van der Waals surface area contributed by atoms with Crippen LogP contribution in [0.5, 0.6) is 5.75 Å². The molecule has 2 aromatic carbocycles. The van der Waals surface area contributed by atoms with Crippen molar-refractivity contribution in [2.75, 3.05) is 38.1 Å². The van der Waals surface area contributed by atoms with Crippen molar-refractivity contribution in [2.45, 2.75) is 43.0 Å². The third-order valence-electron chi connectivity index (χ3n) is 6.05. The molecular formula is C24H31N3O4S. The maximum absolute atomic E-state index is 13.4. The predicted octanol–water partition coefficient (Wildman–Crippen LogP) is 3.25. The molecule has 1 saturated carbocycles. The van der Waals surface area contributed by atoms with Crippen molar-refractivity contribution >= 4 is 21.6 Å². The molecule has 0 aromatic heterocycles. The minimum absolute atomic E-state index is 0.128. The Bertz CT molecular complexity index is 1080. The normalized spacial score (nSPS) is 17.5. The number of ether oxygens (including phenoxy) is 1. The molecule has 0 saturated heterocycles. The van der Waals surface area contributed by atoms with Crippen LogP contribution in [-0.4, -0.2) is 59.1 Å². The predicted molar refractivity (Wildman–Crippen MR) is 125 cm³/mol. The van der Waals surface area contributed by atoms with Crippen LogP contribution in [0.15, 0.2) is 47.4 Å². The zero-order valence-electron chi connectivity index (χ0n) is 18.7. The quantitative estimate of drug-likeness (QED) is 0.691. The summed E-state index contributed by atoms with van der Waals surface area (Å²) in [5.41, 5.74) is 1.88. The standard InChI is InChI=1S/C24H31N3O4S/c1-26(2)14-15-31-19-12-13-22-21(16-19)20-10-6-7-11-23(20)32(29,30)27(22)17-24(28)25-18-8-4-3-5-9-18/h6-7,10-13,16,18H,3-5,8-9,14-15,17H2,1-2H3,(H,25,28). The summed E-state index contributed by atoms with van der Waals surface area (Å²) in [7, 11) is 0.111. The number of nitrogens with one attached hydrogen (secondary N) is 1. The molecule has 8 heteroatoms. The number of anilines is 1. The van der Waals surface area contributed by atoms with Gasteiger partial charge in [0.2, 0.25) is 5.91 Å². The van der Waals surface area contributed by atoms with Gasteiger partial charge in [0.15, 0.2) is 0 Å². The lowest BCUT2D eigenvalue weighted by Crippen LogP contribution is -2.45. The van der Waals surface area contributed by atoms with E-state index in [1.807, 2.05) is 31.1 Å². The lowest BCUT2D eigenvalue weighted by molar-refractivity contribution is -0.120. The molecule has 0 radical (unpaired) electrons. The van der Waals surface area contributed by atoms with Gasteiger partial charge >= 0.3 is 0 Å². The summed E-state index contributed by atoms with van der Waals surface area (Å²) in [6.45, 7) is 1.07. The molecule has 2 aliphatic rings. The van der Waals surface area contributed by atoms with Crippen LogP contribution in [0.3, 0.4) is 0 Å². The van der Waals surface area contributed by atoms with E-state index in [9.17, 15) is 13.2 Å². The van der Waals surface area contributed by atoms with Gasteiger partial charge in [-0.25, -0.2) is 8.42 Å². The van der Waals surface area contributed by atoms with Gasteiger partial charge in [0.05, 0.1) is 10.6 Å². The Morgan fingerprint density at radius 2 is 1.84 bits per heavy atom. The number of carbonyl (C=O) groups excluding carboxylic acids is 1. The maximum atomic E-state index is 13.4. The third-order valence-corrected chi connectivity index (χ3v) is 7.86. The van der Waals surface area contributed by atoms with Crippen LogP contribution >= 0.6 is 0 Å². The Kier molecular flexibility index (Phi) is 6.71. The summed E-state index contributed by atoms with van der Waals surface area (Å²) in [5, 5.41) is 3.03. The third kappa shape index (κ3) is 4.76. The van der Waals surface area contributed by atoms with Crippen LogP contribution in [0, 0.1) is 0 Å². The molecule has 0 bridgehead atoms. The molecule has 172 valence electrons. The van der Waals surface area contributed by atoms with Crippen molar-refractivity contribution in [3.63, 3.8) is 0 Å². The summed E-state index contributed by atoms with van der Waals surface area (Å²) in [6, 6.07) is 12.4. The minimum Gasteiger partial charge on any atom is -0.492 e. The summed E-state index contributed by atoms with van der Waals surface area (Å²) in [5.74, 6) is 0.406. The highest BCUT2D eigenvalue weighted by molar-refractivity contribution is 7.93. The van der Waals surface area contributed by atoms with Gasteiger partial charge in [-0.1, -0.05) is 37.5 Å².